The van der Waals surface area contributed by atoms with Crippen molar-refractivity contribution in [2.75, 3.05) is 59.5 Å². The number of benzene rings is 1. The van der Waals surface area contributed by atoms with Gasteiger partial charge in [0.25, 0.3) is 0 Å². The maximum atomic E-state index is 5.36. The fourth-order valence-corrected chi connectivity index (χ4v) is 4.62. The molecule has 0 saturated carbocycles. The standard InChI is InChI=1S/C24H41N5O/c1-4-25-24(26-17-20-13-16-28(5-2)19-20)27-18-23(29-14-7-6-8-15-29)21-9-11-22(30-3)12-10-21/h9-12,20,23H,4-8,13-19H2,1-3H3,(H2,25,26,27). The molecule has 2 aliphatic heterocycles. The Morgan fingerprint density at radius 3 is 2.50 bits per heavy atom. The minimum Gasteiger partial charge on any atom is -0.497 e. The molecule has 2 saturated heterocycles. The molecule has 168 valence electrons. The van der Waals surface area contributed by atoms with Gasteiger partial charge >= 0.3 is 0 Å². The normalized spacial score (nSPS) is 22.1. The first-order chi connectivity index (χ1) is 14.7. The zero-order valence-electron chi connectivity index (χ0n) is 19.2. The Morgan fingerprint density at radius 2 is 1.87 bits per heavy atom. The highest BCUT2D eigenvalue weighted by molar-refractivity contribution is 5.79. The van der Waals surface area contributed by atoms with Gasteiger partial charge in [-0.3, -0.25) is 9.89 Å². The maximum absolute atomic E-state index is 5.36. The summed E-state index contributed by atoms with van der Waals surface area (Å²) < 4.78 is 5.36. The fourth-order valence-electron chi connectivity index (χ4n) is 4.62. The van der Waals surface area contributed by atoms with E-state index in [-0.39, 0.29) is 0 Å². The molecule has 0 amide bonds. The van der Waals surface area contributed by atoms with Crippen LogP contribution in [0.25, 0.3) is 0 Å². The molecule has 2 atom stereocenters. The van der Waals surface area contributed by atoms with Gasteiger partial charge in [-0.05, 0) is 76.0 Å². The van der Waals surface area contributed by atoms with Crippen molar-refractivity contribution in [3.8, 4) is 5.75 Å². The van der Waals surface area contributed by atoms with E-state index in [1.54, 1.807) is 7.11 Å². The lowest BCUT2D eigenvalue weighted by Crippen LogP contribution is -2.41. The second-order valence-corrected chi connectivity index (χ2v) is 8.53. The van der Waals surface area contributed by atoms with E-state index in [0.29, 0.717) is 12.0 Å². The van der Waals surface area contributed by atoms with Crippen LogP contribution in [0, 0.1) is 5.92 Å². The van der Waals surface area contributed by atoms with E-state index < -0.39 is 0 Å². The summed E-state index contributed by atoms with van der Waals surface area (Å²) in [6.45, 7) is 12.9. The summed E-state index contributed by atoms with van der Waals surface area (Å²) in [6.07, 6.45) is 5.19. The van der Waals surface area contributed by atoms with Gasteiger partial charge in [0.15, 0.2) is 5.96 Å². The van der Waals surface area contributed by atoms with Crippen molar-refractivity contribution in [2.24, 2.45) is 10.9 Å². The van der Waals surface area contributed by atoms with E-state index >= 15 is 0 Å². The molecule has 0 aliphatic carbocycles. The molecule has 2 heterocycles. The first-order valence-corrected chi connectivity index (χ1v) is 11.9. The van der Waals surface area contributed by atoms with Crippen molar-refractivity contribution in [1.29, 1.82) is 0 Å². The number of hydrogen-bond donors (Lipinski definition) is 2. The summed E-state index contributed by atoms with van der Waals surface area (Å²) in [4.78, 5) is 10.2. The lowest BCUT2D eigenvalue weighted by Gasteiger charge is -2.34. The average molecular weight is 416 g/mol. The van der Waals surface area contributed by atoms with Crippen LogP contribution in [-0.4, -0.2) is 75.2 Å². The summed E-state index contributed by atoms with van der Waals surface area (Å²) in [5.74, 6) is 2.57. The summed E-state index contributed by atoms with van der Waals surface area (Å²) in [5.41, 5.74) is 1.33. The van der Waals surface area contributed by atoms with E-state index in [4.69, 9.17) is 9.73 Å². The first-order valence-electron chi connectivity index (χ1n) is 11.9. The molecule has 0 bridgehead atoms. The molecule has 0 aromatic heterocycles. The Morgan fingerprint density at radius 1 is 1.10 bits per heavy atom. The lowest BCUT2D eigenvalue weighted by molar-refractivity contribution is 0.167. The van der Waals surface area contributed by atoms with Crippen molar-refractivity contribution < 1.29 is 4.74 Å². The SMILES string of the molecule is CCNC(=NCC(c1ccc(OC)cc1)N1CCCCC1)NCC1CCN(CC)C1. The van der Waals surface area contributed by atoms with Crippen molar-refractivity contribution >= 4 is 5.96 Å². The molecule has 2 unspecified atom stereocenters. The number of methoxy groups -OCH3 is 1. The highest BCUT2D eigenvalue weighted by Crippen LogP contribution is 2.26. The second-order valence-electron chi connectivity index (χ2n) is 8.53. The molecule has 0 radical (unpaired) electrons. The van der Waals surface area contributed by atoms with Crippen LogP contribution in [0.3, 0.4) is 0 Å². The van der Waals surface area contributed by atoms with E-state index in [1.807, 2.05) is 0 Å². The third-order valence-electron chi connectivity index (χ3n) is 6.47. The Labute approximate surface area is 183 Å². The molecule has 6 heteroatoms. The Balaban J connectivity index is 1.65. The van der Waals surface area contributed by atoms with Crippen molar-refractivity contribution in [2.45, 2.75) is 45.6 Å². The van der Waals surface area contributed by atoms with Gasteiger partial charge in [-0.15, -0.1) is 0 Å². The number of piperidine rings is 1. The van der Waals surface area contributed by atoms with E-state index in [1.165, 1.54) is 44.3 Å². The summed E-state index contributed by atoms with van der Waals surface area (Å²) in [5, 5.41) is 7.06. The molecule has 1 aromatic carbocycles. The van der Waals surface area contributed by atoms with Gasteiger partial charge in [0.05, 0.1) is 19.7 Å². The number of ether oxygens (including phenoxy) is 1. The number of nitrogens with zero attached hydrogens (tertiary/aromatic N) is 3. The molecule has 2 N–H and O–H groups in total. The first kappa shape index (κ1) is 22.9. The minimum atomic E-state index is 0.314. The minimum absolute atomic E-state index is 0.314. The number of likely N-dealkylation sites (tertiary alicyclic amines) is 2. The molecule has 2 aliphatic rings. The van der Waals surface area contributed by atoms with E-state index in [0.717, 1.165) is 51.0 Å². The quantitative estimate of drug-likeness (QED) is 0.479. The van der Waals surface area contributed by atoms with Crippen LogP contribution in [0.5, 0.6) is 5.75 Å². The van der Waals surface area contributed by atoms with Crippen LogP contribution in [0.1, 0.15) is 51.1 Å². The predicted molar refractivity (Wildman–Crippen MR) is 125 cm³/mol. The highest BCUT2D eigenvalue weighted by atomic mass is 16.5. The third kappa shape index (κ3) is 6.61. The van der Waals surface area contributed by atoms with Crippen LogP contribution >= 0.6 is 0 Å². The number of guanidine groups is 1. The molecule has 3 rings (SSSR count). The average Bonchev–Trinajstić information content (AvgIpc) is 3.27. The Bertz CT molecular complexity index is 642. The van der Waals surface area contributed by atoms with Crippen molar-refractivity contribution in [1.82, 2.24) is 20.4 Å². The highest BCUT2D eigenvalue weighted by Gasteiger charge is 2.23. The van der Waals surface area contributed by atoms with Gasteiger partial charge in [-0.1, -0.05) is 25.5 Å². The molecular weight excluding hydrogens is 374 g/mol. The Kier molecular flexibility index (Phi) is 9.27. The topological polar surface area (TPSA) is 52.1 Å². The molecule has 1 aromatic rings. The molecule has 0 spiro atoms. The molecular formula is C24H41N5O. The second kappa shape index (κ2) is 12.2. The smallest absolute Gasteiger partial charge is 0.191 e. The van der Waals surface area contributed by atoms with Gasteiger partial charge in [-0.25, -0.2) is 0 Å². The van der Waals surface area contributed by atoms with Crippen molar-refractivity contribution in [3.05, 3.63) is 29.8 Å². The number of aliphatic imine (C=N–C) groups is 1. The monoisotopic (exact) mass is 415 g/mol. The van der Waals surface area contributed by atoms with Gasteiger partial charge in [-0.2, -0.15) is 0 Å². The van der Waals surface area contributed by atoms with Gasteiger partial charge in [0, 0.05) is 19.6 Å². The van der Waals surface area contributed by atoms with E-state index in [2.05, 4.69) is 58.5 Å². The van der Waals surface area contributed by atoms with Gasteiger partial charge < -0.3 is 20.3 Å². The van der Waals surface area contributed by atoms with Gasteiger partial charge in [0.1, 0.15) is 5.75 Å². The summed E-state index contributed by atoms with van der Waals surface area (Å²) in [6, 6.07) is 8.85. The summed E-state index contributed by atoms with van der Waals surface area (Å²) >= 11 is 0. The number of hydrogen-bond acceptors (Lipinski definition) is 4. The van der Waals surface area contributed by atoms with Crippen LogP contribution in [-0.2, 0) is 0 Å². The zero-order valence-corrected chi connectivity index (χ0v) is 19.2. The number of nitrogens with one attached hydrogen (secondary N) is 2. The fraction of sp³-hybridized carbons (Fsp3) is 0.708. The zero-order chi connectivity index (χ0) is 21.2. The van der Waals surface area contributed by atoms with Crippen LogP contribution in [0.15, 0.2) is 29.3 Å². The van der Waals surface area contributed by atoms with Crippen LogP contribution < -0.4 is 15.4 Å². The summed E-state index contributed by atoms with van der Waals surface area (Å²) in [7, 11) is 1.72. The number of rotatable bonds is 9. The van der Waals surface area contributed by atoms with Crippen molar-refractivity contribution in [3.63, 3.8) is 0 Å². The van der Waals surface area contributed by atoms with Gasteiger partial charge in [0.2, 0.25) is 0 Å². The maximum Gasteiger partial charge on any atom is 0.191 e. The van der Waals surface area contributed by atoms with Crippen LogP contribution in [0.2, 0.25) is 0 Å². The molecule has 30 heavy (non-hydrogen) atoms. The molecule has 6 nitrogen and oxygen atoms in total. The van der Waals surface area contributed by atoms with Crippen LogP contribution in [0.4, 0.5) is 0 Å². The predicted octanol–water partition coefficient (Wildman–Crippen LogP) is 3.12. The lowest BCUT2D eigenvalue weighted by atomic mass is 10.0. The third-order valence-corrected chi connectivity index (χ3v) is 6.47. The Hall–Kier alpha value is -1.79. The molecule has 2 fully saturated rings. The van der Waals surface area contributed by atoms with E-state index in [9.17, 15) is 0 Å². The largest absolute Gasteiger partial charge is 0.497 e.